The van der Waals surface area contributed by atoms with Crippen LogP contribution in [-0.4, -0.2) is 16.5 Å². The molecule has 0 aliphatic heterocycles. The predicted molar refractivity (Wildman–Crippen MR) is 74.7 cm³/mol. The van der Waals surface area contributed by atoms with Gasteiger partial charge in [-0.1, -0.05) is 41.9 Å². The van der Waals surface area contributed by atoms with Gasteiger partial charge in [-0.05, 0) is 18.4 Å². The number of hydrogen-bond acceptors (Lipinski definition) is 4. The van der Waals surface area contributed by atoms with Gasteiger partial charge in [0.25, 0.3) is 0 Å². The van der Waals surface area contributed by atoms with Gasteiger partial charge in [0.1, 0.15) is 12.0 Å². The number of nitrogens with one attached hydrogen (secondary N) is 1. The van der Waals surface area contributed by atoms with Crippen LogP contribution >= 0.6 is 11.6 Å². The maximum Gasteiger partial charge on any atom is 0.157 e. The number of nitrogens with zero attached hydrogens (tertiary/aromatic N) is 2. The standard InChI is InChI=1S/C13H15ClN4/c14-12-11(15)13(18-9-17-12)16-8-4-7-10-5-2-1-3-6-10/h1-3,5-6,9H,4,7-8,15H2,(H,16,17,18). The Morgan fingerprint density at radius 3 is 2.72 bits per heavy atom. The Kier molecular flexibility index (Phi) is 4.36. The highest BCUT2D eigenvalue weighted by molar-refractivity contribution is 6.32. The van der Waals surface area contributed by atoms with Gasteiger partial charge in [0.05, 0.1) is 0 Å². The zero-order chi connectivity index (χ0) is 12.8. The van der Waals surface area contributed by atoms with Gasteiger partial charge in [-0.15, -0.1) is 0 Å². The topological polar surface area (TPSA) is 63.8 Å². The van der Waals surface area contributed by atoms with E-state index in [0.717, 1.165) is 19.4 Å². The Labute approximate surface area is 111 Å². The van der Waals surface area contributed by atoms with E-state index in [2.05, 4.69) is 27.4 Å². The second-order valence-corrected chi connectivity index (χ2v) is 4.30. The van der Waals surface area contributed by atoms with Crippen LogP contribution in [0.25, 0.3) is 0 Å². The smallest absolute Gasteiger partial charge is 0.157 e. The minimum atomic E-state index is 0.288. The zero-order valence-corrected chi connectivity index (χ0v) is 10.7. The fraction of sp³-hybridized carbons (Fsp3) is 0.231. The van der Waals surface area contributed by atoms with Crippen LogP contribution in [0.1, 0.15) is 12.0 Å². The van der Waals surface area contributed by atoms with Crippen LogP contribution in [0.2, 0.25) is 5.15 Å². The van der Waals surface area contributed by atoms with Crippen molar-refractivity contribution >= 4 is 23.1 Å². The molecule has 0 amide bonds. The lowest BCUT2D eigenvalue weighted by Gasteiger charge is -2.08. The number of anilines is 2. The fourth-order valence-electron chi connectivity index (χ4n) is 1.66. The molecule has 0 radical (unpaired) electrons. The molecule has 0 saturated heterocycles. The number of nitrogens with two attached hydrogens (primary N) is 1. The maximum atomic E-state index is 5.81. The largest absolute Gasteiger partial charge is 0.393 e. The van der Waals surface area contributed by atoms with Crippen LogP contribution < -0.4 is 11.1 Å². The van der Waals surface area contributed by atoms with Crippen LogP contribution in [0.3, 0.4) is 0 Å². The second kappa shape index (κ2) is 6.21. The summed E-state index contributed by atoms with van der Waals surface area (Å²) < 4.78 is 0. The highest BCUT2D eigenvalue weighted by atomic mass is 35.5. The van der Waals surface area contributed by atoms with Crippen LogP contribution in [0.5, 0.6) is 0 Å². The average Bonchev–Trinajstić information content (AvgIpc) is 2.40. The molecular formula is C13H15ClN4. The molecule has 0 atom stereocenters. The van der Waals surface area contributed by atoms with E-state index in [9.17, 15) is 0 Å². The number of nitrogen functional groups attached to an aromatic ring is 1. The molecule has 2 aromatic rings. The van der Waals surface area contributed by atoms with Crippen molar-refractivity contribution in [1.29, 1.82) is 0 Å². The molecule has 1 aromatic heterocycles. The summed E-state index contributed by atoms with van der Waals surface area (Å²) in [6, 6.07) is 10.4. The van der Waals surface area contributed by atoms with Gasteiger partial charge < -0.3 is 11.1 Å². The molecule has 0 aliphatic carbocycles. The van der Waals surface area contributed by atoms with E-state index in [0.29, 0.717) is 11.5 Å². The lowest BCUT2D eigenvalue weighted by molar-refractivity contribution is 0.858. The van der Waals surface area contributed by atoms with Crippen molar-refractivity contribution in [2.45, 2.75) is 12.8 Å². The molecule has 4 nitrogen and oxygen atoms in total. The first-order chi connectivity index (χ1) is 8.77. The number of halogens is 1. The van der Waals surface area contributed by atoms with Gasteiger partial charge >= 0.3 is 0 Å². The molecule has 0 aliphatic rings. The number of hydrogen-bond donors (Lipinski definition) is 2. The highest BCUT2D eigenvalue weighted by Crippen LogP contribution is 2.21. The molecule has 18 heavy (non-hydrogen) atoms. The molecule has 0 unspecified atom stereocenters. The molecule has 3 N–H and O–H groups in total. The summed E-state index contributed by atoms with van der Waals surface area (Å²) in [6.45, 7) is 0.798. The van der Waals surface area contributed by atoms with Crippen LogP contribution in [-0.2, 0) is 6.42 Å². The van der Waals surface area contributed by atoms with Gasteiger partial charge in [0.15, 0.2) is 11.0 Å². The molecule has 0 spiro atoms. The van der Waals surface area contributed by atoms with Crippen LogP contribution in [0.4, 0.5) is 11.5 Å². The molecular weight excluding hydrogens is 248 g/mol. The first kappa shape index (κ1) is 12.6. The van der Waals surface area contributed by atoms with Gasteiger partial charge in [0.2, 0.25) is 0 Å². The second-order valence-electron chi connectivity index (χ2n) is 3.94. The fourth-order valence-corrected chi connectivity index (χ4v) is 1.79. The summed E-state index contributed by atoms with van der Waals surface area (Å²) in [5.74, 6) is 0.600. The first-order valence-corrected chi connectivity index (χ1v) is 6.19. The van der Waals surface area contributed by atoms with Gasteiger partial charge in [0, 0.05) is 6.54 Å². The molecule has 1 aromatic carbocycles. The Balaban J connectivity index is 1.81. The zero-order valence-electron chi connectivity index (χ0n) is 9.94. The number of aryl methyl sites for hydroxylation is 1. The molecule has 5 heteroatoms. The van der Waals surface area contributed by atoms with Crippen molar-refractivity contribution in [1.82, 2.24) is 9.97 Å². The van der Waals surface area contributed by atoms with E-state index < -0.39 is 0 Å². The lowest BCUT2D eigenvalue weighted by Crippen LogP contribution is -2.08. The third-order valence-corrected chi connectivity index (χ3v) is 2.91. The number of benzene rings is 1. The Morgan fingerprint density at radius 1 is 1.17 bits per heavy atom. The van der Waals surface area contributed by atoms with E-state index in [-0.39, 0.29) is 5.15 Å². The van der Waals surface area contributed by atoms with E-state index in [4.69, 9.17) is 17.3 Å². The summed E-state index contributed by atoms with van der Waals surface area (Å²) in [6.07, 6.45) is 3.43. The molecule has 1 heterocycles. The Bertz CT molecular complexity index is 502. The summed E-state index contributed by atoms with van der Waals surface area (Å²) in [7, 11) is 0. The number of aromatic nitrogens is 2. The van der Waals surface area contributed by atoms with Crippen molar-refractivity contribution in [2.75, 3.05) is 17.6 Å². The minimum Gasteiger partial charge on any atom is -0.393 e. The lowest BCUT2D eigenvalue weighted by atomic mass is 10.1. The summed E-state index contributed by atoms with van der Waals surface area (Å²) in [5, 5.41) is 3.45. The van der Waals surface area contributed by atoms with E-state index >= 15 is 0 Å². The average molecular weight is 263 g/mol. The summed E-state index contributed by atoms with van der Waals surface area (Å²) >= 11 is 5.81. The van der Waals surface area contributed by atoms with E-state index in [1.54, 1.807) is 0 Å². The van der Waals surface area contributed by atoms with Crippen molar-refractivity contribution in [3.05, 3.63) is 47.4 Å². The third kappa shape index (κ3) is 3.34. The summed E-state index contributed by atoms with van der Waals surface area (Å²) in [5.41, 5.74) is 7.49. The monoisotopic (exact) mass is 262 g/mol. The van der Waals surface area contributed by atoms with Gasteiger partial charge in [-0.3, -0.25) is 0 Å². The van der Waals surface area contributed by atoms with Crippen molar-refractivity contribution in [3.63, 3.8) is 0 Å². The molecule has 94 valence electrons. The van der Waals surface area contributed by atoms with Crippen molar-refractivity contribution < 1.29 is 0 Å². The van der Waals surface area contributed by atoms with Crippen LogP contribution in [0, 0.1) is 0 Å². The molecule has 0 bridgehead atoms. The highest BCUT2D eigenvalue weighted by Gasteiger charge is 2.04. The first-order valence-electron chi connectivity index (χ1n) is 5.81. The predicted octanol–water partition coefficient (Wildman–Crippen LogP) is 2.76. The van der Waals surface area contributed by atoms with Crippen molar-refractivity contribution in [2.24, 2.45) is 0 Å². The quantitative estimate of drug-likeness (QED) is 0.642. The Hall–Kier alpha value is -1.81. The molecule has 0 fully saturated rings. The Morgan fingerprint density at radius 2 is 1.94 bits per heavy atom. The van der Waals surface area contributed by atoms with Gasteiger partial charge in [-0.2, -0.15) is 0 Å². The summed E-state index contributed by atoms with van der Waals surface area (Å²) in [4.78, 5) is 7.86. The maximum absolute atomic E-state index is 5.81. The number of rotatable bonds is 5. The molecule has 2 rings (SSSR count). The third-order valence-electron chi connectivity index (χ3n) is 2.61. The van der Waals surface area contributed by atoms with Gasteiger partial charge in [-0.25, -0.2) is 9.97 Å². The molecule has 0 saturated carbocycles. The van der Waals surface area contributed by atoms with Crippen LogP contribution in [0.15, 0.2) is 36.7 Å². The normalized spacial score (nSPS) is 10.3. The minimum absolute atomic E-state index is 0.288. The van der Waals surface area contributed by atoms with E-state index in [1.807, 2.05) is 18.2 Å². The SMILES string of the molecule is Nc1c(Cl)ncnc1NCCCc1ccccc1. The van der Waals surface area contributed by atoms with Crippen molar-refractivity contribution in [3.8, 4) is 0 Å². The van der Waals surface area contributed by atoms with E-state index in [1.165, 1.54) is 11.9 Å².